The molecule has 1 atom stereocenters. The van der Waals surface area contributed by atoms with Crippen LogP contribution in [0.3, 0.4) is 0 Å². The second-order valence-corrected chi connectivity index (χ2v) is 9.22. The molecule has 1 aliphatic heterocycles. The Hall–Kier alpha value is -3.51. The van der Waals surface area contributed by atoms with Gasteiger partial charge in [-0.05, 0) is 30.0 Å². The van der Waals surface area contributed by atoms with E-state index in [-0.39, 0.29) is 27.6 Å². The van der Waals surface area contributed by atoms with Crippen molar-refractivity contribution in [3.8, 4) is 6.07 Å². The maximum atomic E-state index is 13.3. The van der Waals surface area contributed by atoms with Crippen molar-refractivity contribution >= 4 is 27.8 Å². The van der Waals surface area contributed by atoms with Gasteiger partial charge in [0.05, 0.1) is 34.4 Å². The number of hydrogen-bond donors (Lipinski definition) is 1. The summed E-state index contributed by atoms with van der Waals surface area (Å²) < 4.78 is 0. The summed E-state index contributed by atoms with van der Waals surface area (Å²) in [6, 6.07) is 8.75. The van der Waals surface area contributed by atoms with E-state index in [4.69, 9.17) is 5.73 Å². The molecule has 0 saturated heterocycles. The minimum Gasteiger partial charge on any atom is -0.384 e. The van der Waals surface area contributed by atoms with Crippen molar-refractivity contribution in [1.29, 1.82) is 5.26 Å². The molecule has 2 aliphatic rings. The third kappa shape index (κ3) is 3.15. The molecule has 30 heavy (non-hydrogen) atoms. The maximum Gasteiger partial charge on any atom is 0.324 e. The number of thiophene rings is 1. The maximum absolute atomic E-state index is 13.3. The number of allylic oxidation sites excluding steroid dienone is 3. The van der Waals surface area contributed by atoms with Crippen LogP contribution in [0.15, 0.2) is 59.3 Å². The first-order valence-corrected chi connectivity index (χ1v) is 10.2. The molecule has 0 fully saturated rings. The van der Waals surface area contributed by atoms with Crippen molar-refractivity contribution in [3.05, 3.63) is 74.3 Å². The van der Waals surface area contributed by atoms with E-state index in [1.54, 1.807) is 29.4 Å². The van der Waals surface area contributed by atoms with Crippen LogP contribution in [-0.4, -0.2) is 15.7 Å². The summed E-state index contributed by atoms with van der Waals surface area (Å²) >= 11 is 0.966. The van der Waals surface area contributed by atoms with E-state index in [0.29, 0.717) is 29.0 Å². The van der Waals surface area contributed by atoms with Gasteiger partial charge in [0.25, 0.3) is 0 Å². The zero-order valence-electron chi connectivity index (χ0n) is 16.5. The highest BCUT2D eigenvalue weighted by Gasteiger charge is 2.45. The SMILES string of the molecule is CC1(C)CC(=O)C2=C(C1)N(c1cccnc1)C(N)=C(C#N)C2c1ccc([N+](=O)[O-])s1. The Morgan fingerprint density at radius 3 is 2.73 bits per heavy atom. The first-order valence-electron chi connectivity index (χ1n) is 9.34. The molecule has 9 heteroatoms. The number of aromatic nitrogens is 1. The highest BCUT2D eigenvalue weighted by atomic mass is 32.1. The van der Waals surface area contributed by atoms with Crippen LogP contribution in [-0.2, 0) is 4.79 Å². The number of Topliss-reactive ketones (excluding diaryl/α,β-unsaturated/α-hetero) is 1. The molecule has 0 saturated carbocycles. The van der Waals surface area contributed by atoms with Crippen molar-refractivity contribution in [2.45, 2.75) is 32.6 Å². The summed E-state index contributed by atoms with van der Waals surface area (Å²) in [6.45, 7) is 4.03. The summed E-state index contributed by atoms with van der Waals surface area (Å²) in [6.07, 6.45) is 4.17. The van der Waals surface area contributed by atoms with Crippen molar-refractivity contribution in [2.24, 2.45) is 11.1 Å². The largest absolute Gasteiger partial charge is 0.384 e. The molecule has 0 spiro atoms. The van der Waals surface area contributed by atoms with Crippen LogP contribution >= 0.6 is 11.3 Å². The first kappa shape index (κ1) is 19.8. The molecular formula is C21H19N5O3S. The molecule has 2 aromatic heterocycles. The number of carbonyl (C=O) groups excluding carboxylic acids is 1. The summed E-state index contributed by atoms with van der Waals surface area (Å²) in [4.78, 5) is 30.5. The standard InChI is InChI=1S/C21H19N5O3S/c1-21(2)8-14-19(15(27)9-21)18(16-5-6-17(30-16)26(28)29)13(10-22)20(23)25(14)12-4-3-7-24-11-12/h3-7,11,18H,8-9,23H2,1-2H3. The molecular weight excluding hydrogens is 402 g/mol. The Balaban J connectivity index is 1.98. The van der Waals surface area contributed by atoms with Crippen molar-refractivity contribution in [1.82, 2.24) is 4.98 Å². The highest BCUT2D eigenvalue weighted by molar-refractivity contribution is 7.15. The second kappa shape index (κ2) is 7.07. The van der Waals surface area contributed by atoms with E-state index < -0.39 is 10.8 Å². The molecule has 1 unspecified atom stereocenters. The number of nitrogens with two attached hydrogens (primary N) is 1. The number of ketones is 1. The van der Waals surface area contributed by atoms with E-state index in [0.717, 1.165) is 17.0 Å². The van der Waals surface area contributed by atoms with Crippen LogP contribution < -0.4 is 10.6 Å². The van der Waals surface area contributed by atoms with Gasteiger partial charge in [0.15, 0.2) is 5.78 Å². The van der Waals surface area contributed by atoms with Crippen LogP contribution in [0.4, 0.5) is 10.7 Å². The predicted octanol–water partition coefficient (Wildman–Crippen LogP) is 3.99. The molecule has 0 bridgehead atoms. The van der Waals surface area contributed by atoms with E-state index in [2.05, 4.69) is 11.1 Å². The number of pyridine rings is 1. The highest BCUT2D eigenvalue weighted by Crippen LogP contribution is 2.51. The Bertz CT molecular complexity index is 1160. The second-order valence-electron chi connectivity index (χ2n) is 8.12. The summed E-state index contributed by atoms with van der Waals surface area (Å²) in [5.74, 6) is -0.563. The number of hydrogen-bond acceptors (Lipinski definition) is 8. The van der Waals surface area contributed by atoms with E-state index in [1.165, 1.54) is 6.07 Å². The molecule has 2 N–H and O–H groups in total. The Morgan fingerprint density at radius 2 is 2.13 bits per heavy atom. The average Bonchev–Trinajstić information content (AvgIpc) is 3.17. The number of nitrogens with zero attached hydrogens (tertiary/aromatic N) is 4. The van der Waals surface area contributed by atoms with Gasteiger partial charge in [-0.3, -0.25) is 24.8 Å². The first-order chi connectivity index (χ1) is 14.2. The predicted molar refractivity (Wildman–Crippen MR) is 112 cm³/mol. The average molecular weight is 421 g/mol. The topological polar surface area (TPSA) is 126 Å². The van der Waals surface area contributed by atoms with Crippen LogP contribution in [0.25, 0.3) is 0 Å². The quantitative estimate of drug-likeness (QED) is 0.586. The number of nitro groups is 1. The van der Waals surface area contributed by atoms with Crippen molar-refractivity contribution in [2.75, 3.05) is 4.90 Å². The fourth-order valence-corrected chi connectivity index (χ4v) is 5.11. The monoisotopic (exact) mass is 421 g/mol. The smallest absolute Gasteiger partial charge is 0.324 e. The van der Waals surface area contributed by atoms with Gasteiger partial charge in [-0.2, -0.15) is 5.26 Å². The van der Waals surface area contributed by atoms with Crippen molar-refractivity contribution in [3.63, 3.8) is 0 Å². The van der Waals surface area contributed by atoms with E-state index >= 15 is 0 Å². The molecule has 0 aromatic carbocycles. The van der Waals surface area contributed by atoms with Gasteiger partial charge in [-0.15, -0.1) is 0 Å². The van der Waals surface area contributed by atoms with Gasteiger partial charge in [-0.25, -0.2) is 0 Å². The van der Waals surface area contributed by atoms with Crippen LogP contribution in [0.2, 0.25) is 0 Å². The molecule has 0 radical (unpaired) electrons. The Labute approximate surface area is 177 Å². The van der Waals surface area contributed by atoms with Gasteiger partial charge >= 0.3 is 5.00 Å². The molecule has 3 heterocycles. The molecule has 1 aliphatic carbocycles. The Kier molecular flexibility index (Phi) is 4.67. The van der Waals surface area contributed by atoms with Crippen LogP contribution in [0, 0.1) is 26.9 Å². The molecule has 4 rings (SSSR count). The van der Waals surface area contributed by atoms with Gasteiger partial charge in [0, 0.05) is 34.8 Å². The van der Waals surface area contributed by atoms with Crippen LogP contribution in [0.5, 0.6) is 0 Å². The summed E-state index contributed by atoms with van der Waals surface area (Å²) in [5.41, 5.74) is 8.28. The lowest BCUT2D eigenvalue weighted by Gasteiger charge is -2.43. The van der Waals surface area contributed by atoms with Crippen LogP contribution in [0.1, 0.15) is 37.5 Å². The number of nitriles is 1. The van der Waals surface area contributed by atoms with Gasteiger partial charge in [0.1, 0.15) is 5.82 Å². The Morgan fingerprint density at radius 1 is 1.37 bits per heavy atom. The lowest BCUT2D eigenvalue weighted by atomic mass is 9.69. The minimum absolute atomic E-state index is 0.0405. The molecule has 152 valence electrons. The number of carbonyl (C=O) groups is 1. The lowest BCUT2D eigenvalue weighted by Crippen LogP contribution is -2.42. The van der Waals surface area contributed by atoms with E-state index in [9.17, 15) is 20.2 Å². The fraction of sp³-hybridized carbons (Fsp3) is 0.286. The third-order valence-corrected chi connectivity index (χ3v) is 6.46. The third-order valence-electron chi connectivity index (χ3n) is 5.36. The summed E-state index contributed by atoms with van der Waals surface area (Å²) in [7, 11) is 0. The summed E-state index contributed by atoms with van der Waals surface area (Å²) in [5, 5.41) is 21.1. The minimum atomic E-state index is -0.708. The van der Waals surface area contributed by atoms with Gasteiger partial charge in [-0.1, -0.05) is 25.2 Å². The van der Waals surface area contributed by atoms with E-state index in [1.807, 2.05) is 19.9 Å². The lowest BCUT2D eigenvalue weighted by molar-refractivity contribution is -0.380. The zero-order chi connectivity index (χ0) is 21.6. The van der Waals surface area contributed by atoms with Gasteiger partial charge in [0.2, 0.25) is 0 Å². The number of rotatable bonds is 3. The number of anilines is 1. The zero-order valence-corrected chi connectivity index (χ0v) is 17.3. The normalized spacial score (nSPS) is 20.8. The molecule has 8 nitrogen and oxygen atoms in total. The molecule has 0 amide bonds. The van der Waals surface area contributed by atoms with Crippen molar-refractivity contribution < 1.29 is 9.72 Å². The fourth-order valence-electron chi connectivity index (χ4n) is 4.17. The van der Waals surface area contributed by atoms with Gasteiger partial charge < -0.3 is 5.73 Å². The molecule has 2 aromatic rings.